The number of hydrogen-bond donors (Lipinski definition) is 1. The molecule has 1 saturated carbocycles. The normalized spacial score (nSPS) is 19.3. The number of carbonyl (C=O) groups is 1. The zero-order chi connectivity index (χ0) is 36.4. The fraction of sp³-hybridized carbons (Fsp3) is 0.514. The quantitative estimate of drug-likeness (QED) is 0.149. The molecule has 52 heavy (non-hydrogen) atoms. The number of likely N-dealkylation sites (tertiary alicyclic amines) is 2. The SMILES string of the molecule is C=C(F)C(=O)N1CC2(CCN(c3nc(OC4CN(CCOC)C4)nc4c(OCC(F)(F)F)c(-c5c(C)ccc6[nH]ncc56)c(C5CC5)cc34)CC2)C1. The van der Waals surface area contributed by atoms with Gasteiger partial charge in [-0.3, -0.25) is 14.8 Å². The standard InChI is InChI=1S/C37H41F4N7O4/c1-21-4-7-28-27(15-42-45-28)29(21)30-25(23-5-6-23)14-26-31(32(30)51-20-37(39,40)41)43-35(52-24-16-46(17-24)12-13-50-3)44-33(26)47-10-8-36(9-11-47)18-48(19-36)34(49)22(2)38/h4,7,14-15,23-24H,2,5-6,8-13,16-20H2,1,3H3,(H,42,45). The molecular formula is C37H41F4N7O4. The summed E-state index contributed by atoms with van der Waals surface area (Å²) in [6.07, 6.45) is 0.118. The first-order valence-electron chi connectivity index (χ1n) is 17.7. The van der Waals surface area contributed by atoms with Crippen LogP contribution in [0.4, 0.5) is 23.4 Å². The van der Waals surface area contributed by atoms with Crippen molar-refractivity contribution in [1.29, 1.82) is 0 Å². The number of fused-ring (bicyclic) bond motifs is 2. The fourth-order valence-electron chi connectivity index (χ4n) is 7.98. The predicted molar refractivity (Wildman–Crippen MR) is 186 cm³/mol. The molecule has 4 aliphatic rings. The van der Waals surface area contributed by atoms with Gasteiger partial charge < -0.3 is 24.0 Å². The highest BCUT2D eigenvalue weighted by Crippen LogP contribution is 2.53. The summed E-state index contributed by atoms with van der Waals surface area (Å²) in [5.74, 6) is -0.901. The minimum atomic E-state index is -4.60. The van der Waals surface area contributed by atoms with Crippen LogP contribution in [0.1, 0.15) is 42.7 Å². The van der Waals surface area contributed by atoms with Gasteiger partial charge in [-0.2, -0.15) is 28.2 Å². The smallest absolute Gasteiger partial charge is 0.422 e. The first-order chi connectivity index (χ1) is 24.9. The first kappa shape index (κ1) is 34.6. The summed E-state index contributed by atoms with van der Waals surface area (Å²) < 4.78 is 72.9. The van der Waals surface area contributed by atoms with Crippen LogP contribution in [0.5, 0.6) is 11.8 Å². The second kappa shape index (κ2) is 13.2. The Morgan fingerprint density at radius 2 is 1.85 bits per heavy atom. The van der Waals surface area contributed by atoms with Crippen molar-refractivity contribution in [2.45, 2.75) is 50.8 Å². The summed E-state index contributed by atoms with van der Waals surface area (Å²) in [6, 6.07) is 5.95. The molecule has 1 amide bonds. The number of aryl methyl sites for hydroxylation is 1. The van der Waals surface area contributed by atoms with Crippen LogP contribution in [-0.2, 0) is 9.53 Å². The number of halogens is 4. The Morgan fingerprint density at radius 1 is 1.10 bits per heavy atom. The summed E-state index contributed by atoms with van der Waals surface area (Å²) >= 11 is 0. The number of nitrogens with zero attached hydrogens (tertiary/aromatic N) is 6. The maximum atomic E-state index is 14.0. The van der Waals surface area contributed by atoms with Crippen LogP contribution in [-0.4, -0.2) is 114 Å². The second-order valence-corrected chi connectivity index (χ2v) is 14.7. The molecule has 15 heteroatoms. The Hall–Kier alpha value is -4.50. The first-order valence-corrected chi connectivity index (χ1v) is 17.7. The monoisotopic (exact) mass is 723 g/mol. The number of amides is 1. The van der Waals surface area contributed by atoms with Gasteiger partial charge in [0.15, 0.2) is 18.2 Å². The Kier molecular flexibility index (Phi) is 8.76. The number of carbonyl (C=O) groups excluding carboxylic acids is 1. The Morgan fingerprint density at radius 3 is 2.52 bits per heavy atom. The van der Waals surface area contributed by atoms with Crippen LogP contribution in [0.2, 0.25) is 0 Å². The van der Waals surface area contributed by atoms with Gasteiger partial charge in [0, 0.05) is 74.7 Å². The molecule has 276 valence electrons. The third-order valence-electron chi connectivity index (χ3n) is 10.9. The zero-order valence-corrected chi connectivity index (χ0v) is 29.2. The van der Waals surface area contributed by atoms with Gasteiger partial charge in [-0.1, -0.05) is 12.6 Å². The summed E-state index contributed by atoms with van der Waals surface area (Å²) in [6.45, 7) is 8.25. The van der Waals surface area contributed by atoms with Crippen molar-refractivity contribution in [2.75, 3.05) is 71.0 Å². The number of H-pyrrole nitrogens is 1. The molecule has 5 heterocycles. The van der Waals surface area contributed by atoms with E-state index in [1.165, 1.54) is 4.90 Å². The molecule has 4 aromatic rings. The van der Waals surface area contributed by atoms with Crippen molar-refractivity contribution in [2.24, 2.45) is 5.41 Å². The minimum absolute atomic E-state index is 0.0467. The molecule has 1 spiro atoms. The lowest BCUT2D eigenvalue weighted by Gasteiger charge is -2.54. The van der Waals surface area contributed by atoms with Gasteiger partial charge in [-0.15, -0.1) is 0 Å². The average molecular weight is 724 g/mol. The van der Waals surface area contributed by atoms with E-state index in [9.17, 15) is 22.4 Å². The predicted octanol–water partition coefficient (Wildman–Crippen LogP) is 5.92. The van der Waals surface area contributed by atoms with E-state index in [2.05, 4.69) is 26.6 Å². The lowest BCUT2D eigenvalue weighted by atomic mass is 9.72. The number of aromatic nitrogens is 4. The van der Waals surface area contributed by atoms with Gasteiger partial charge in [0.05, 0.1) is 18.3 Å². The maximum Gasteiger partial charge on any atom is 0.422 e. The van der Waals surface area contributed by atoms with Gasteiger partial charge in [-0.05, 0) is 67.3 Å². The topological polar surface area (TPSA) is 109 Å². The molecule has 0 atom stereocenters. The molecule has 2 aromatic carbocycles. The molecule has 1 N–H and O–H groups in total. The van der Waals surface area contributed by atoms with E-state index in [-0.39, 0.29) is 34.7 Å². The lowest BCUT2D eigenvalue weighted by Crippen LogP contribution is -2.62. The number of anilines is 1. The van der Waals surface area contributed by atoms with Crippen LogP contribution in [0, 0.1) is 12.3 Å². The van der Waals surface area contributed by atoms with Crippen LogP contribution in [0.15, 0.2) is 36.8 Å². The van der Waals surface area contributed by atoms with E-state index in [4.69, 9.17) is 24.2 Å². The van der Waals surface area contributed by atoms with Crippen molar-refractivity contribution in [3.63, 3.8) is 0 Å². The number of rotatable bonds is 11. The number of alkyl halides is 3. The van der Waals surface area contributed by atoms with E-state index in [1.807, 2.05) is 25.1 Å². The van der Waals surface area contributed by atoms with Gasteiger partial charge >= 0.3 is 12.2 Å². The van der Waals surface area contributed by atoms with Gasteiger partial charge in [0.2, 0.25) is 0 Å². The zero-order valence-electron chi connectivity index (χ0n) is 29.2. The number of benzene rings is 2. The van der Waals surface area contributed by atoms with E-state index in [1.54, 1.807) is 13.3 Å². The summed E-state index contributed by atoms with van der Waals surface area (Å²) in [5, 5.41) is 8.62. The largest absolute Gasteiger partial charge is 0.481 e. The Bertz CT molecular complexity index is 2030. The molecule has 8 rings (SSSR count). The molecule has 3 saturated heterocycles. The van der Waals surface area contributed by atoms with Crippen molar-refractivity contribution in [3.8, 4) is 22.9 Å². The third kappa shape index (κ3) is 6.53. The molecule has 11 nitrogen and oxygen atoms in total. The Balaban J connectivity index is 1.24. The molecule has 0 unspecified atom stereocenters. The van der Waals surface area contributed by atoms with Crippen molar-refractivity contribution in [3.05, 3.63) is 47.9 Å². The molecule has 0 radical (unpaired) electrons. The second-order valence-electron chi connectivity index (χ2n) is 14.7. The van der Waals surface area contributed by atoms with Crippen molar-refractivity contribution >= 4 is 33.5 Å². The highest BCUT2D eigenvalue weighted by Gasteiger charge is 2.47. The van der Waals surface area contributed by atoms with Gasteiger partial charge in [0.25, 0.3) is 5.91 Å². The van der Waals surface area contributed by atoms with E-state index in [0.29, 0.717) is 62.6 Å². The van der Waals surface area contributed by atoms with Crippen molar-refractivity contribution < 1.29 is 36.6 Å². The molecule has 4 fully saturated rings. The summed E-state index contributed by atoms with van der Waals surface area (Å²) in [4.78, 5) is 27.7. The van der Waals surface area contributed by atoms with Gasteiger partial charge in [-0.25, -0.2) is 4.39 Å². The number of hydrogen-bond acceptors (Lipinski definition) is 9. The molecular weight excluding hydrogens is 682 g/mol. The lowest BCUT2D eigenvalue weighted by molar-refractivity contribution is -0.153. The summed E-state index contributed by atoms with van der Waals surface area (Å²) in [7, 11) is 1.65. The van der Waals surface area contributed by atoms with Crippen LogP contribution < -0.4 is 14.4 Å². The Labute approximate surface area is 297 Å². The average Bonchev–Trinajstić information content (AvgIpc) is 3.82. The fourth-order valence-corrected chi connectivity index (χ4v) is 7.98. The van der Waals surface area contributed by atoms with Crippen LogP contribution >= 0.6 is 0 Å². The highest BCUT2D eigenvalue weighted by atomic mass is 19.4. The molecule has 2 aromatic heterocycles. The maximum absolute atomic E-state index is 14.0. The van der Waals surface area contributed by atoms with E-state index >= 15 is 0 Å². The summed E-state index contributed by atoms with van der Waals surface area (Å²) in [5.41, 5.74) is 3.96. The van der Waals surface area contributed by atoms with Crippen LogP contribution in [0.25, 0.3) is 32.9 Å². The minimum Gasteiger partial charge on any atom is -0.481 e. The number of ether oxygens (including phenoxy) is 3. The van der Waals surface area contributed by atoms with E-state index < -0.39 is 24.5 Å². The third-order valence-corrected chi connectivity index (χ3v) is 10.9. The van der Waals surface area contributed by atoms with E-state index in [0.717, 1.165) is 59.8 Å². The number of nitrogens with one attached hydrogen (secondary N) is 1. The van der Waals surface area contributed by atoms with Crippen molar-refractivity contribution in [1.82, 2.24) is 30.0 Å². The molecule has 1 aliphatic carbocycles. The highest BCUT2D eigenvalue weighted by molar-refractivity contribution is 6.06. The van der Waals surface area contributed by atoms with Crippen LogP contribution in [0.3, 0.4) is 0 Å². The molecule has 0 bridgehead atoms. The molecule has 3 aliphatic heterocycles. The van der Waals surface area contributed by atoms with Gasteiger partial charge in [0.1, 0.15) is 17.4 Å². The number of aromatic amines is 1. The number of piperidine rings is 1. The number of methoxy groups -OCH3 is 1.